The lowest BCUT2D eigenvalue weighted by molar-refractivity contribution is -0.119. The highest BCUT2D eigenvalue weighted by Gasteiger charge is 2.11. The van der Waals surface area contributed by atoms with Crippen LogP contribution in [0.15, 0.2) is 18.2 Å². The van der Waals surface area contributed by atoms with Crippen LogP contribution in [0.2, 0.25) is 0 Å². The van der Waals surface area contributed by atoms with Crippen LogP contribution in [0.5, 0.6) is 0 Å². The Kier molecular flexibility index (Phi) is 5.66. The van der Waals surface area contributed by atoms with Crippen LogP contribution in [-0.4, -0.2) is 31.6 Å². The van der Waals surface area contributed by atoms with E-state index in [2.05, 4.69) is 10.6 Å². The van der Waals surface area contributed by atoms with Crippen molar-refractivity contribution < 1.29 is 14.3 Å². The number of ether oxygens (including phenoxy) is 1. The number of benzene rings is 1. The fraction of sp³-hybridized carbons (Fsp3) is 0.385. The molecule has 0 saturated carbocycles. The van der Waals surface area contributed by atoms with Gasteiger partial charge in [0.25, 0.3) is 0 Å². The molecule has 0 heterocycles. The van der Waals surface area contributed by atoms with Gasteiger partial charge in [0.15, 0.2) is 0 Å². The summed E-state index contributed by atoms with van der Waals surface area (Å²) in [7, 11) is 0. The number of anilines is 2. The van der Waals surface area contributed by atoms with Gasteiger partial charge in [-0.05, 0) is 32.0 Å². The molecule has 0 aliphatic carbocycles. The average Bonchev–Trinajstić information content (AvgIpc) is 2.38. The van der Waals surface area contributed by atoms with Crippen LogP contribution in [0.1, 0.15) is 24.2 Å². The number of amides is 1. The van der Waals surface area contributed by atoms with E-state index in [0.29, 0.717) is 23.5 Å². The highest BCUT2D eigenvalue weighted by molar-refractivity contribution is 5.96. The molecule has 0 unspecified atom stereocenters. The van der Waals surface area contributed by atoms with Crippen molar-refractivity contribution in [3.8, 4) is 0 Å². The smallest absolute Gasteiger partial charge is 0.340 e. The molecule has 6 nitrogen and oxygen atoms in total. The molecule has 0 aliphatic rings. The number of esters is 1. The maximum Gasteiger partial charge on any atom is 0.340 e. The molecule has 0 saturated heterocycles. The van der Waals surface area contributed by atoms with Gasteiger partial charge in [-0.15, -0.1) is 0 Å². The molecule has 0 aliphatic heterocycles. The third-order valence-corrected chi connectivity index (χ3v) is 2.38. The quantitative estimate of drug-likeness (QED) is 0.527. The Labute approximate surface area is 112 Å². The molecule has 1 amide bonds. The van der Waals surface area contributed by atoms with Crippen molar-refractivity contribution in [3.63, 3.8) is 0 Å². The van der Waals surface area contributed by atoms with Gasteiger partial charge < -0.3 is 21.1 Å². The Morgan fingerprint density at radius 3 is 2.68 bits per heavy atom. The van der Waals surface area contributed by atoms with E-state index in [1.807, 2.05) is 6.92 Å². The molecule has 0 radical (unpaired) electrons. The number of nitrogens with one attached hydrogen (secondary N) is 2. The van der Waals surface area contributed by atoms with Gasteiger partial charge >= 0.3 is 5.97 Å². The molecule has 19 heavy (non-hydrogen) atoms. The highest BCUT2D eigenvalue weighted by atomic mass is 16.5. The van der Waals surface area contributed by atoms with E-state index in [1.165, 1.54) is 0 Å². The van der Waals surface area contributed by atoms with Gasteiger partial charge in [-0.1, -0.05) is 0 Å². The number of likely N-dealkylation sites (N-methyl/N-ethyl adjacent to an activating group) is 1. The van der Waals surface area contributed by atoms with Crippen LogP contribution in [0.4, 0.5) is 11.4 Å². The summed E-state index contributed by atoms with van der Waals surface area (Å²) in [4.78, 5) is 23.0. The van der Waals surface area contributed by atoms with Crippen LogP contribution in [0.3, 0.4) is 0 Å². The number of nitrogens with two attached hydrogens (primary N) is 1. The first kappa shape index (κ1) is 14.8. The second-order valence-corrected chi connectivity index (χ2v) is 3.83. The Morgan fingerprint density at radius 2 is 2.05 bits per heavy atom. The van der Waals surface area contributed by atoms with E-state index in [0.717, 1.165) is 0 Å². The van der Waals surface area contributed by atoms with Crippen molar-refractivity contribution in [1.29, 1.82) is 0 Å². The van der Waals surface area contributed by atoms with Gasteiger partial charge in [-0.3, -0.25) is 4.79 Å². The van der Waals surface area contributed by atoms with Crippen molar-refractivity contribution in [3.05, 3.63) is 23.8 Å². The monoisotopic (exact) mass is 265 g/mol. The molecule has 0 aromatic heterocycles. The minimum absolute atomic E-state index is 0.114. The lowest BCUT2D eigenvalue weighted by Gasteiger charge is -2.10. The fourth-order valence-corrected chi connectivity index (χ4v) is 1.49. The number of carbonyl (C=O) groups excluding carboxylic acids is 2. The van der Waals surface area contributed by atoms with Crippen molar-refractivity contribution in [2.75, 3.05) is 30.7 Å². The van der Waals surface area contributed by atoms with E-state index in [-0.39, 0.29) is 19.1 Å². The molecule has 4 N–H and O–H groups in total. The first-order chi connectivity index (χ1) is 9.08. The summed E-state index contributed by atoms with van der Waals surface area (Å²) in [5.41, 5.74) is 7.00. The lowest BCUT2D eigenvalue weighted by Crippen LogP contribution is -2.29. The lowest BCUT2D eigenvalue weighted by atomic mass is 10.1. The molecule has 0 spiro atoms. The average molecular weight is 265 g/mol. The largest absolute Gasteiger partial charge is 0.462 e. The van der Waals surface area contributed by atoms with E-state index < -0.39 is 5.97 Å². The molecule has 1 rings (SSSR count). The molecule has 0 bridgehead atoms. The molecule has 1 aromatic carbocycles. The van der Waals surface area contributed by atoms with Crippen molar-refractivity contribution in [2.45, 2.75) is 13.8 Å². The number of nitrogen functional groups attached to an aromatic ring is 1. The maximum absolute atomic E-state index is 11.6. The minimum Gasteiger partial charge on any atom is -0.462 e. The van der Waals surface area contributed by atoms with E-state index in [9.17, 15) is 9.59 Å². The standard InChI is InChI=1S/C13H19N3O3/c1-3-15-12(17)8-16-9-5-6-11(14)10(7-9)13(18)19-4-2/h5-7,16H,3-4,8,14H2,1-2H3,(H,15,17). The zero-order valence-electron chi connectivity index (χ0n) is 11.2. The first-order valence-electron chi connectivity index (χ1n) is 6.15. The van der Waals surface area contributed by atoms with Crippen LogP contribution in [0.25, 0.3) is 0 Å². The molecule has 0 atom stereocenters. The third-order valence-electron chi connectivity index (χ3n) is 2.38. The summed E-state index contributed by atoms with van der Waals surface area (Å²) >= 11 is 0. The summed E-state index contributed by atoms with van der Waals surface area (Å²) in [5.74, 6) is -0.585. The zero-order valence-corrected chi connectivity index (χ0v) is 11.2. The Balaban J connectivity index is 2.73. The topological polar surface area (TPSA) is 93.5 Å². The fourth-order valence-electron chi connectivity index (χ4n) is 1.49. The second kappa shape index (κ2) is 7.25. The van der Waals surface area contributed by atoms with E-state index in [1.54, 1.807) is 25.1 Å². The maximum atomic E-state index is 11.6. The Morgan fingerprint density at radius 1 is 1.32 bits per heavy atom. The predicted octanol–water partition coefficient (Wildman–Crippen LogP) is 0.993. The summed E-state index contributed by atoms with van der Waals surface area (Å²) in [6, 6.07) is 4.89. The van der Waals surface area contributed by atoms with Gasteiger partial charge in [0.2, 0.25) is 5.91 Å². The van der Waals surface area contributed by atoms with Crippen LogP contribution < -0.4 is 16.4 Å². The van der Waals surface area contributed by atoms with Crippen molar-refractivity contribution >= 4 is 23.3 Å². The predicted molar refractivity (Wildman–Crippen MR) is 74.0 cm³/mol. The van der Waals surface area contributed by atoms with Crippen LogP contribution >= 0.6 is 0 Å². The van der Waals surface area contributed by atoms with E-state index >= 15 is 0 Å². The van der Waals surface area contributed by atoms with Crippen LogP contribution in [0, 0.1) is 0 Å². The Hall–Kier alpha value is -2.24. The van der Waals surface area contributed by atoms with Crippen molar-refractivity contribution in [1.82, 2.24) is 5.32 Å². The van der Waals surface area contributed by atoms with E-state index in [4.69, 9.17) is 10.5 Å². The summed E-state index contributed by atoms with van der Waals surface area (Å²) in [6.07, 6.45) is 0. The molecular formula is C13H19N3O3. The first-order valence-corrected chi connectivity index (χ1v) is 6.15. The second-order valence-electron chi connectivity index (χ2n) is 3.83. The summed E-state index contributed by atoms with van der Waals surface area (Å²) < 4.78 is 4.90. The number of hydrogen-bond acceptors (Lipinski definition) is 5. The molecule has 0 fully saturated rings. The molecule has 6 heteroatoms. The summed E-state index contributed by atoms with van der Waals surface area (Å²) in [6.45, 7) is 4.58. The summed E-state index contributed by atoms with van der Waals surface area (Å²) in [5, 5.41) is 5.59. The number of hydrogen-bond donors (Lipinski definition) is 3. The minimum atomic E-state index is -0.471. The van der Waals surface area contributed by atoms with Gasteiger partial charge in [0, 0.05) is 17.9 Å². The highest BCUT2D eigenvalue weighted by Crippen LogP contribution is 2.18. The van der Waals surface area contributed by atoms with Crippen LogP contribution in [-0.2, 0) is 9.53 Å². The van der Waals surface area contributed by atoms with Gasteiger partial charge in [-0.25, -0.2) is 4.79 Å². The molecular weight excluding hydrogens is 246 g/mol. The number of rotatable bonds is 6. The Bertz CT molecular complexity index is 460. The molecule has 104 valence electrons. The van der Waals surface area contributed by atoms with Crippen molar-refractivity contribution in [2.24, 2.45) is 0 Å². The normalized spacial score (nSPS) is 9.79. The van der Waals surface area contributed by atoms with Gasteiger partial charge in [-0.2, -0.15) is 0 Å². The molecule has 1 aromatic rings. The van der Waals surface area contributed by atoms with Gasteiger partial charge in [0.1, 0.15) is 0 Å². The SMILES string of the molecule is CCNC(=O)CNc1ccc(N)c(C(=O)OCC)c1. The zero-order chi connectivity index (χ0) is 14.3. The van der Waals surface area contributed by atoms with Gasteiger partial charge in [0.05, 0.1) is 18.7 Å². The number of carbonyl (C=O) groups is 2. The third kappa shape index (κ3) is 4.50.